The lowest BCUT2D eigenvalue weighted by atomic mass is 10.1. The number of benzene rings is 2. The Morgan fingerprint density at radius 2 is 1.70 bits per heavy atom. The molecule has 0 saturated carbocycles. The molecule has 37 heavy (non-hydrogen) atoms. The highest BCUT2D eigenvalue weighted by atomic mass is 16.7. The van der Waals surface area contributed by atoms with Gasteiger partial charge < -0.3 is 9.47 Å². The number of fused-ring (bicyclic) bond motifs is 1. The summed E-state index contributed by atoms with van der Waals surface area (Å²) < 4.78 is 13.8. The lowest BCUT2D eigenvalue weighted by molar-refractivity contribution is -0.577. The first-order chi connectivity index (χ1) is 18.0. The van der Waals surface area contributed by atoms with Gasteiger partial charge in [-0.05, 0) is 43.7 Å². The van der Waals surface area contributed by atoms with Gasteiger partial charge in [-0.3, -0.25) is 19.5 Å². The second kappa shape index (κ2) is 8.63. The van der Waals surface area contributed by atoms with E-state index in [2.05, 4.69) is 5.10 Å². The zero-order valence-corrected chi connectivity index (χ0v) is 20.2. The molecule has 4 heterocycles. The number of nitrogens with one attached hydrogen (secondary N) is 1. The van der Waals surface area contributed by atoms with Crippen LogP contribution in [0.3, 0.4) is 0 Å². The summed E-state index contributed by atoms with van der Waals surface area (Å²) in [5.41, 5.74) is 2.27. The molecule has 0 aliphatic carbocycles. The van der Waals surface area contributed by atoms with Crippen LogP contribution >= 0.6 is 0 Å². The van der Waals surface area contributed by atoms with Crippen molar-refractivity contribution < 1.29 is 23.6 Å². The summed E-state index contributed by atoms with van der Waals surface area (Å²) in [6, 6.07) is 17.7. The standard InChI is InChI=1S/C28H22N4O5/c1-3-18-8-7-13-30(15-18)25-24(23-17(2)29-32(27(23)34)19-9-5-4-6-10-19)26(33)31(28(25)35)20-11-12-21-22(14-20)37-16-36-21/h4-15H,3,16H2,1-2H3/p+1. The van der Waals surface area contributed by atoms with Gasteiger partial charge in [0, 0.05) is 23.4 Å². The first-order valence-corrected chi connectivity index (χ1v) is 11.9. The van der Waals surface area contributed by atoms with E-state index in [4.69, 9.17) is 9.47 Å². The number of H-pyrrole nitrogens is 1. The Balaban J connectivity index is 1.57. The summed E-state index contributed by atoms with van der Waals surface area (Å²) in [6.45, 7) is 3.79. The third-order valence-electron chi connectivity index (χ3n) is 6.54. The number of para-hydroxylation sites is 1. The predicted molar refractivity (Wildman–Crippen MR) is 135 cm³/mol. The van der Waals surface area contributed by atoms with E-state index in [1.807, 2.05) is 37.3 Å². The van der Waals surface area contributed by atoms with Crippen molar-refractivity contribution >= 4 is 28.8 Å². The summed E-state index contributed by atoms with van der Waals surface area (Å²) in [5.74, 6) is -0.150. The van der Waals surface area contributed by atoms with Gasteiger partial charge in [-0.2, -0.15) is 4.57 Å². The quantitative estimate of drug-likeness (QED) is 0.339. The van der Waals surface area contributed by atoms with Gasteiger partial charge in [0.05, 0.1) is 16.9 Å². The number of amides is 2. The summed E-state index contributed by atoms with van der Waals surface area (Å²) in [6.07, 6.45) is 4.25. The minimum atomic E-state index is -0.590. The Morgan fingerprint density at radius 1 is 0.919 bits per heavy atom. The number of aromatic nitrogens is 3. The fourth-order valence-corrected chi connectivity index (χ4v) is 4.71. The van der Waals surface area contributed by atoms with E-state index in [9.17, 15) is 14.4 Å². The number of carbonyl (C=O) groups excluding carboxylic acids is 2. The molecule has 2 amide bonds. The molecule has 2 aromatic heterocycles. The van der Waals surface area contributed by atoms with E-state index < -0.39 is 17.4 Å². The van der Waals surface area contributed by atoms with E-state index in [1.54, 1.807) is 54.2 Å². The van der Waals surface area contributed by atoms with Crippen molar-refractivity contribution in [2.75, 3.05) is 11.7 Å². The molecule has 0 spiro atoms. The molecular weight excluding hydrogens is 472 g/mol. The van der Waals surface area contributed by atoms with Gasteiger partial charge >= 0.3 is 5.91 Å². The van der Waals surface area contributed by atoms with E-state index in [0.717, 1.165) is 16.9 Å². The number of ether oxygens (including phenoxy) is 2. The first-order valence-electron chi connectivity index (χ1n) is 11.9. The summed E-state index contributed by atoms with van der Waals surface area (Å²) >= 11 is 0. The van der Waals surface area contributed by atoms with Crippen molar-refractivity contribution in [2.45, 2.75) is 20.3 Å². The molecule has 9 nitrogen and oxygen atoms in total. The molecule has 0 bridgehead atoms. The fourth-order valence-electron chi connectivity index (χ4n) is 4.71. The van der Waals surface area contributed by atoms with Crippen molar-refractivity contribution in [1.29, 1.82) is 0 Å². The first kappa shape index (κ1) is 22.5. The van der Waals surface area contributed by atoms with Gasteiger partial charge in [0.2, 0.25) is 6.79 Å². The number of aryl methyl sites for hydroxylation is 2. The number of anilines is 1. The number of nitrogens with zero attached hydrogens (tertiary/aromatic N) is 3. The normalized spacial score (nSPS) is 14.7. The maximum Gasteiger partial charge on any atom is 0.331 e. The highest BCUT2D eigenvalue weighted by molar-refractivity contribution is 6.53. The van der Waals surface area contributed by atoms with Crippen LogP contribution in [0.5, 0.6) is 11.5 Å². The van der Waals surface area contributed by atoms with Crippen LogP contribution < -0.4 is 24.5 Å². The van der Waals surface area contributed by atoms with Crippen LogP contribution in [0.1, 0.15) is 23.7 Å². The fraction of sp³-hybridized carbons (Fsp3) is 0.143. The van der Waals surface area contributed by atoms with Crippen LogP contribution in [0, 0.1) is 6.92 Å². The molecular formula is C28H23N4O5+. The highest BCUT2D eigenvalue weighted by Gasteiger charge is 2.48. The Hall–Kier alpha value is -4.92. The van der Waals surface area contributed by atoms with E-state index in [1.165, 1.54) is 4.68 Å². The molecule has 6 rings (SSSR count). The number of imide groups is 1. The summed E-state index contributed by atoms with van der Waals surface area (Å²) in [7, 11) is 0. The SMILES string of the molecule is CCc1ccc[n+](C2=C(c3c(C)[nH]n(-c4ccccc4)c3=O)C(=O)N(c3ccc4c(c3)OCO4)C2=O)c1. The van der Waals surface area contributed by atoms with Crippen molar-refractivity contribution in [3.05, 3.63) is 100 Å². The lowest BCUT2D eigenvalue weighted by Crippen LogP contribution is -2.40. The van der Waals surface area contributed by atoms with Crippen molar-refractivity contribution in [1.82, 2.24) is 9.78 Å². The zero-order chi connectivity index (χ0) is 25.7. The Morgan fingerprint density at radius 3 is 2.49 bits per heavy atom. The second-order valence-electron chi connectivity index (χ2n) is 8.77. The molecule has 0 saturated heterocycles. The lowest BCUT2D eigenvalue weighted by Gasteiger charge is -2.14. The van der Waals surface area contributed by atoms with Crippen molar-refractivity contribution in [3.63, 3.8) is 0 Å². The average Bonchev–Trinajstić information content (AvgIpc) is 3.57. The minimum Gasteiger partial charge on any atom is -0.454 e. The molecule has 184 valence electrons. The van der Waals surface area contributed by atoms with E-state index in [-0.39, 0.29) is 23.6 Å². The smallest absolute Gasteiger partial charge is 0.331 e. The minimum absolute atomic E-state index is 0.0364. The number of aromatic amines is 1. The van der Waals surface area contributed by atoms with Gasteiger partial charge in [-0.15, -0.1) is 0 Å². The average molecular weight is 496 g/mol. The van der Waals surface area contributed by atoms with Gasteiger partial charge in [0.15, 0.2) is 23.9 Å². The summed E-state index contributed by atoms with van der Waals surface area (Å²) in [5, 5.41) is 3.07. The third kappa shape index (κ3) is 3.55. The topological polar surface area (TPSA) is 97.5 Å². The Bertz CT molecular complexity index is 1670. The summed E-state index contributed by atoms with van der Waals surface area (Å²) in [4.78, 5) is 42.7. The number of pyridine rings is 1. The monoisotopic (exact) mass is 495 g/mol. The van der Waals surface area contributed by atoms with Crippen LogP contribution in [-0.4, -0.2) is 28.4 Å². The molecule has 0 fully saturated rings. The van der Waals surface area contributed by atoms with Gasteiger partial charge in [-0.1, -0.05) is 25.1 Å². The number of hydrogen-bond acceptors (Lipinski definition) is 5. The van der Waals surface area contributed by atoms with Gasteiger partial charge in [-0.25, -0.2) is 9.58 Å². The molecule has 1 N–H and O–H groups in total. The van der Waals surface area contributed by atoms with Crippen LogP contribution in [0.25, 0.3) is 17.0 Å². The van der Waals surface area contributed by atoms with Gasteiger partial charge in [0.25, 0.3) is 17.2 Å². The molecule has 2 aromatic carbocycles. The van der Waals surface area contributed by atoms with Crippen LogP contribution in [0.2, 0.25) is 0 Å². The number of hydrogen-bond donors (Lipinski definition) is 1. The van der Waals surface area contributed by atoms with Crippen LogP contribution in [0.15, 0.2) is 77.9 Å². The number of rotatable bonds is 5. The maximum atomic E-state index is 14.0. The molecule has 0 radical (unpaired) electrons. The zero-order valence-electron chi connectivity index (χ0n) is 20.2. The molecule has 2 aliphatic heterocycles. The predicted octanol–water partition coefficient (Wildman–Crippen LogP) is 2.99. The second-order valence-corrected chi connectivity index (χ2v) is 8.77. The maximum absolute atomic E-state index is 14.0. The molecule has 0 atom stereocenters. The third-order valence-corrected chi connectivity index (χ3v) is 6.54. The van der Waals surface area contributed by atoms with Crippen molar-refractivity contribution in [3.8, 4) is 17.2 Å². The Labute approximate surface area is 211 Å². The van der Waals surface area contributed by atoms with Gasteiger partial charge in [0.1, 0.15) is 5.57 Å². The largest absolute Gasteiger partial charge is 0.454 e. The number of carbonyl (C=O) groups is 2. The Kier molecular flexibility index (Phi) is 5.26. The van der Waals surface area contributed by atoms with Crippen LogP contribution in [0.4, 0.5) is 5.69 Å². The molecule has 9 heteroatoms. The molecule has 0 unspecified atom stereocenters. The molecule has 2 aliphatic rings. The highest BCUT2D eigenvalue weighted by Crippen LogP contribution is 2.39. The molecule has 4 aromatic rings. The van der Waals surface area contributed by atoms with Crippen molar-refractivity contribution in [2.24, 2.45) is 0 Å². The van der Waals surface area contributed by atoms with E-state index >= 15 is 0 Å². The van der Waals surface area contributed by atoms with Crippen LogP contribution in [-0.2, 0) is 16.0 Å². The van der Waals surface area contributed by atoms with E-state index in [0.29, 0.717) is 28.6 Å².